The molecule has 12 heteroatoms. The second-order valence-corrected chi connectivity index (χ2v) is 18.3. The van der Waals surface area contributed by atoms with Crippen molar-refractivity contribution < 1.29 is 57.2 Å². The van der Waals surface area contributed by atoms with Crippen LogP contribution in [-0.4, -0.2) is 72.8 Å². The number of allylic oxidation sites excluding steroid dienone is 2. The van der Waals surface area contributed by atoms with Crippen molar-refractivity contribution in [3.8, 4) is 0 Å². The Morgan fingerprint density at radius 1 is 0.804 bits per heavy atom. The lowest BCUT2D eigenvalue weighted by Crippen LogP contribution is -2.78. The minimum Gasteiger partial charge on any atom is -0.493 e. The predicted octanol–water partition coefficient (Wildman–Crippen LogP) is 6.25. The van der Waals surface area contributed by atoms with Crippen LogP contribution in [0.3, 0.4) is 0 Å². The number of hydrogen-bond acceptors (Lipinski definition) is 12. The molecule has 56 heavy (non-hydrogen) atoms. The lowest BCUT2D eigenvalue weighted by atomic mass is 9.36. The number of ketones is 1. The summed E-state index contributed by atoms with van der Waals surface area (Å²) in [5.74, 6) is -4.00. The summed E-state index contributed by atoms with van der Waals surface area (Å²) in [5.41, 5.74) is -5.25. The lowest BCUT2D eigenvalue weighted by Gasteiger charge is -2.69. The summed E-state index contributed by atoms with van der Waals surface area (Å²) >= 11 is 0. The molecular weight excluding hydrogens is 720 g/mol. The molecule has 2 bridgehead atoms. The zero-order valence-electron chi connectivity index (χ0n) is 34.2. The number of carbonyl (C=O) groups excluding carboxylic acids is 6. The van der Waals surface area contributed by atoms with Crippen molar-refractivity contribution >= 4 is 35.6 Å². The molecule has 13 atom stereocenters. The summed E-state index contributed by atoms with van der Waals surface area (Å²) in [7, 11) is 1.50. The van der Waals surface area contributed by atoms with E-state index in [0.717, 1.165) is 11.1 Å². The third-order valence-electron chi connectivity index (χ3n) is 15.5. The van der Waals surface area contributed by atoms with Gasteiger partial charge < -0.3 is 28.4 Å². The third-order valence-corrected chi connectivity index (χ3v) is 15.5. The van der Waals surface area contributed by atoms with Crippen molar-refractivity contribution in [1.29, 1.82) is 0 Å². The Labute approximate surface area is 328 Å². The predicted molar refractivity (Wildman–Crippen MR) is 199 cm³/mol. The fourth-order valence-corrected chi connectivity index (χ4v) is 13.6. The van der Waals surface area contributed by atoms with E-state index in [1.54, 1.807) is 44.2 Å². The Balaban J connectivity index is 1.55. The van der Waals surface area contributed by atoms with Gasteiger partial charge in [-0.05, 0) is 87.0 Å². The largest absolute Gasteiger partial charge is 0.493 e. The van der Waals surface area contributed by atoms with Gasteiger partial charge in [-0.3, -0.25) is 24.0 Å². The minimum absolute atomic E-state index is 0.00689. The standard InChI is InChI=1S/C44H54O12/c1-22-17-32(55-37(49)28-15-13-12-14-16-28)42(10)36(54-27(6)47)35(53-26(5)46)41(9)21-43(42,56-38(41)50)44(22)23(2)19-40(8)31-18-29(48)33(51-11)24(3)39(31,7)20-30(34(40)44)52-25(4)45/h12-17,23,30-32,34-36H,18-21H2,1-11H3/t23-,30+,31+,32-,34-,35+,36-,39+,40-,41-,42-,43-,44-/m0/s1. The lowest BCUT2D eigenvalue weighted by molar-refractivity contribution is -0.291. The molecule has 0 amide bonds. The van der Waals surface area contributed by atoms with E-state index in [4.69, 9.17) is 28.4 Å². The van der Waals surface area contributed by atoms with Gasteiger partial charge in [0, 0.05) is 44.9 Å². The van der Waals surface area contributed by atoms with E-state index in [1.165, 1.54) is 27.9 Å². The Morgan fingerprint density at radius 3 is 2.00 bits per heavy atom. The highest BCUT2D eigenvalue weighted by molar-refractivity contribution is 5.96. The number of fused-ring (bicyclic) bond motifs is 5. The summed E-state index contributed by atoms with van der Waals surface area (Å²) in [4.78, 5) is 82.0. The number of rotatable bonds is 6. The van der Waals surface area contributed by atoms with E-state index in [1.807, 2.05) is 19.9 Å². The highest BCUT2D eigenvalue weighted by Gasteiger charge is 2.89. The number of methoxy groups -OCH3 is 1. The molecular formula is C44H54O12. The first-order valence-electron chi connectivity index (χ1n) is 19.6. The molecule has 0 radical (unpaired) electrons. The maximum absolute atomic E-state index is 14.8. The number of hydrogen-bond donors (Lipinski definition) is 0. The molecule has 5 aliphatic carbocycles. The van der Waals surface area contributed by atoms with Gasteiger partial charge in [0.15, 0.2) is 23.8 Å². The molecule has 3 saturated carbocycles. The van der Waals surface area contributed by atoms with Crippen LogP contribution in [0.4, 0.5) is 0 Å². The van der Waals surface area contributed by atoms with Crippen LogP contribution in [0.25, 0.3) is 0 Å². The molecule has 4 fully saturated rings. The fourth-order valence-electron chi connectivity index (χ4n) is 13.6. The van der Waals surface area contributed by atoms with E-state index in [9.17, 15) is 28.8 Å². The van der Waals surface area contributed by atoms with Crippen molar-refractivity contribution in [2.24, 2.45) is 44.8 Å². The third kappa shape index (κ3) is 4.88. The van der Waals surface area contributed by atoms with Crippen LogP contribution in [0.15, 0.2) is 53.3 Å². The smallest absolute Gasteiger partial charge is 0.338 e. The molecule has 1 saturated heterocycles. The monoisotopic (exact) mass is 774 g/mol. The first kappa shape index (κ1) is 39.7. The average molecular weight is 775 g/mol. The van der Waals surface area contributed by atoms with Crippen LogP contribution in [0.1, 0.15) is 105 Å². The number of Topliss-reactive ketones (excluding diaryl/α,β-unsaturated/α-hetero) is 1. The SMILES string of the molecule is COC1=C(C)[C@@]2(C)C[C@@H](OC(C)=O)[C@H]3[C@@](C)(C[C@H](C)[C@@]34C(C)=C[C@H](OC(=O)c3ccccc3)[C@@]3(C)[C@@H](OC(C)=O)[C@@H](OC(C)=O)[C@]5(C)C[C@]34OC5=O)[C@@H]2CC1=O. The van der Waals surface area contributed by atoms with Gasteiger partial charge in [0.05, 0.1) is 18.1 Å². The molecule has 2 spiro atoms. The molecule has 12 nitrogen and oxygen atoms in total. The molecule has 0 aromatic heterocycles. The summed E-state index contributed by atoms with van der Waals surface area (Å²) in [6.07, 6.45) is -1.56. The van der Waals surface area contributed by atoms with Gasteiger partial charge in [-0.1, -0.05) is 44.5 Å². The zero-order valence-corrected chi connectivity index (χ0v) is 34.2. The highest BCUT2D eigenvalue weighted by atomic mass is 16.6. The van der Waals surface area contributed by atoms with Crippen molar-refractivity contribution in [1.82, 2.24) is 0 Å². The Hall–Kier alpha value is -4.48. The van der Waals surface area contributed by atoms with E-state index in [0.29, 0.717) is 18.6 Å². The zero-order chi connectivity index (χ0) is 41.1. The van der Waals surface area contributed by atoms with Gasteiger partial charge in [-0.25, -0.2) is 4.79 Å². The molecule has 302 valence electrons. The molecule has 6 aliphatic rings. The van der Waals surface area contributed by atoms with Crippen molar-refractivity contribution in [3.05, 3.63) is 58.9 Å². The van der Waals surface area contributed by atoms with E-state index in [-0.39, 0.29) is 36.0 Å². The quantitative estimate of drug-likeness (QED) is 0.182. The van der Waals surface area contributed by atoms with Crippen molar-refractivity contribution in [2.75, 3.05) is 7.11 Å². The molecule has 1 aliphatic heterocycles. The second kappa shape index (κ2) is 12.8. The van der Waals surface area contributed by atoms with Gasteiger partial charge in [0.2, 0.25) is 0 Å². The summed E-state index contributed by atoms with van der Waals surface area (Å²) in [5, 5.41) is 0. The number of esters is 5. The van der Waals surface area contributed by atoms with Gasteiger partial charge in [0.1, 0.15) is 23.2 Å². The van der Waals surface area contributed by atoms with E-state index >= 15 is 0 Å². The van der Waals surface area contributed by atoms with Crippen LogP contribution in [-0.2, 0) is 52.4 Å². The molecule has 1 aromatic carbocycles. The molecule has 0 N–H and O–H groups in total. The topological polar surface area (TPSA) is 158 Å². The minimum atomic E-state index is -1.59. The Kier molecular flexibility index (Phi) is 9.06. The average Bonchev–Trinajstić information content (AvgIpc) is 3.52. The van der Waals surface area contributed by atoms with Gasteiger partial charge in [-0.15, -0.1) is 0 Å². The highest BCUT2D eigenvalue weighted by Crippen LogP contribution is 2.82. The molecule has 0 unspecified atom stereocenters. The van der Waals surface area contributed by atoms with Crippen LogP contribution in [0.2, 0.25) is 0 Å². The Morgan fingerprint density at radius 2 is 1.41 bits per heavy atom. The summed E-state index contributed by atoms with van der Waals surface area (Å²) < 4.78 is 37.8. The number of ether oxygens (including phenoxy) is 6. The fraction of sp³-hybridized carbons (Fsp3) is 0.636. The first-order valence-corrected chi connectivity index (χ1v) is 19.6. The van der Waals surface area contributed by atoms with Crippen LogP contribution in [0, 0.1) is 44.8 Å². The normalized spacial score (nSPS) is 43.4. The van der Waals surface area contributed by atoms with Gasteiger partial charge in [0.25, 0.3) is 0 Å². The maximum Gasteiger partial charge on any atom is 0.338 e. The van der Waals surface area contributed by atoms with Crippen LogP contribution >= 0.6 is 0 Å². The number of benzene rings is 1. The van der Waals surface area contributed by atoms with E-state index < -0.39 is 92.9 Å². The summed E-state index contributed by atoms with van der Waals surface area (Å²) in [6, 6.07) is 8.47. The van der Waals surface area contributed by atoms with Gasteiger partial charge >= 0.3 is 29.8 Å². The second-order valence-electron chi connectivity index (χ2n) is 18.3. The van der Waals surface area contributed by atoms with Crippen LogP contribution < -0.4 is 0 Å². The van der Waals surface area contributed by atoms with Crippen LogP contribution in [0.5, 0.6) is 0 Å². The van der Waals surface area contributed by atoms with Crippen molar-refractivity contribution in [2.45, 2.75) is 125 Å². The first-order chi connectivity index (χ1) is 26.1. The summed E-state index contributed by atoms with van der Waals surface area (Å²) in [6.45, 7) is 17.5. The maximum atomic E-state index is 14.8. The van der Waals surface area contributed by atoms with Gasteiger partial charge in [-0.2, -0.15) is 0 Å². The van der Waals surface area contributed by atoms with E-state index in [2.05, 4.69) is 20.8 Å². The molecule has 1 heterocycles. The molecule has 7 rings (SSSR count). The molecule has 1 aromatic rings. The number of carbonyl (C=O) groups is 6. The van der Waals surface area contributed by atoms with Crippen molar-refractivity contribution in [3.63, 3.8) is 0 Å². The Bertz CT molecular complexity index is 1980.